The van der Waals surface area contributed by atoms with Crippen molar-refractivity contribution in [3.63, 3.8) is 0 Å². The van der Waals surface area contributed by atoms with Crippen LogP contribution in [0.5, 0.6) is 0 Å². The van der Waals surface area contributed by atoms with E-state index in [2.05, 4.69) is 21.3 Å². The second-order valence-corrected chi connectivity index (χ2v) is 8.98. The third kappa shape index (κ3) is 6.73. The summed E-state index contributed by atoms with van der Waals surface area (Å²) in [7, 11) is 0. The Morgan fingerprint density at radius 3 is 2.27 bits per heavy atom. The molecule has 8 heteroatoms. The largest absolute Gasteiger partial charge is 0.459 e. The van der Waals surface area contributed by atoms with Crippen LogP contribution in [-0.2, 0) is 0 Å². The molecular weight excluding hydrogens is 456 g/mol. The lowest BCUT2D eigenvalue weighted by Crippen LogP contribution is -2.19. The van der Waals surface area contributed by atoms with E-state index in [0.717, 1.165) is 29.5 Å². The summed E-state index contributed by atoms with van der Waals surface area (Å²) >= 11 is 11.9. The molecule has 1 heterocycles. The topological polar surface area (TPSA) is 78.3 Å². The molecule has 4 N–H and O–H groups in total. The van der Waals surface area contributed by atoms with E-state index in [-0.39, 0.29) is 11.7 Å². The maximum Gasteiger partial charge on any atom is 0.291 e. The molecule has 6 nitrogen and oxygen atoms in total. The Hall–Kier alpha value is -3.03. The third-order valence-electron chi connectivity index (χ3n) is 5.68. The molecule has 1 amide bonds. The molecule has 1 aliphatic carbocycles. The molecule has 4 rings (SSSR count). The van der Waals surface area contributed by atoms with Crippen LogP contribution in [0.2, 0.25) is 5.02 Å². The van der Waals surface area contributed by atoms with Gasteiger partial charge < -0.3 is 25.7 Å². The van der Waals surface area contributed by atoms with Gasteiger partial charge in [0.1, 0.15) is 0 Å². The first-order chi connectivity index (χ1) is 16.1. The maximum absolute atomic E-state index is 12.0. The molecule has 3 aromatic rings. The van der Waals surface area contributed by atoms with Crippen molar-refractivity contribution in [3.8, 4) is 0 Å². The molecular formula is C25H27ClN4O2S. The molecule has 0 spiro atoms. The number of carbonyl (C=O) groups is 1. The highest BCUT2D eigenvalue weighted by atomic mass is 35.5. The summed E-state index contributed by atoms with van der Waals surface area (Å²) in [6.45, 7) is 0.963. The summed E-state index contributed by atoms with van der Waals surface area (Å²) in [5.74, 6) is 0.692. The fourth-order valence-electron chi connectivity index (χ4n) is 3.91. The number of benzene rings is 2. The molecule has 0 unspecified atom stereocenters. The van der Waals surface area contributed by atoms with E-state index in [1.807, 2.05) is 30.3 Å². The number of carbonyl (C=O) groups excluding carboxylic acids is 1. The van der Waals surface area contributed by atoms with E-state index in [9.17, 15) is 4.79 Å². The highest BCUT2D eigenvalue weighted by Crippen LogP contribution is 2.28. The van der Waals surface area contributed by atoms with Crippen LogP contribution in [0.25, 0.3) is 0 Å². The molecule has 1 aromatic heterocycles. The van der Waals surface area contributed by atoms with Gasteiger partial charge in [0.2, 0.25) is 0 Å². The van der Waals surface area contributed by atoms with Gasteiger partial charge in [-0.15, -0.1) is 0 Å². The number of furan rings is 1. The Kier molecular flexibility index (Phi) is 7.86. The van der Waals surface area contributed by atoms with Crippen LogP contribution in [0.15, 0.2) is 65.3 Å². The van der Waals surface area contributed by atoms with Crippen LogP contribution in [0.3, 0.4) is 0 Å². The first-order valence-electron chi connectivity index (χ1n) is 11.1. The summed E-state index contributed by atoms with van der Waals surface area (Å²) < 4.78 is 5.09. The zero-order valence-corrected chi connectivity index (χ0v) is 19.8. The predicted octanol–water partition coefficient (Wildman–Crippen LogP) is 6.99. The van der Waals surface area contributed by atoms with E-state index >= 15 is 0 Å². The third-order valence-corrected chi connectivity index (χ3v) is 6.20. The van der Waals surface area contributed by atoms with Crippen molar-refractivity contribution in [1.82, 2.24) is 0 Å². The van der Waals surface area contributed by atoms with Gasteiger partial charge in [0, 0.05) is 23.6 Å². The summed E-state index contributed by atoms with van der Waals surface area (Å²) in [4.78, 5) is 12.0. The first-order valence-corrected chi connectivity index (χ1v) is 11.9. The SMILES string of the molecule is O=C(Nc1ccc(NC(=S)Nc2ccc(NCC3CCCCC3)c(Cl)c2)cc1)c1ccco1. The molecule has 0 atom stereocenters. The van der Waals surface area contributed by atoms with Gasteiger partial charge in [0.05, 0.1) is 17.0 Å². The number of rotatable bonds is 7. The Morgan fingerprint density at radius 1 is 0.939 bits per heavy atom. The number of nitrogens with one attached hydrogen (secondary N) is 4. The van der Waals surface area contributed by atoms with Crippen molar-refractivity contribution in [2.75, 3.05) is 27.8 Å². The molecule has 2 aromatic carbocycles. The van der Waals surface area contributed by atoms with Crippen LogP contribution in [0.4, 0.5) is 22.7 Å². The Morgan fingerprint density at radius 2 is 1.61 bits per heavy atom. The number of halogens is 1. The Balaban J connectivity index is 1.26. The quantitative estimate of drug-likeness (QED) is 0.272. The molecule has 1 aliphatic rings. The van der Waals surface area contributed by atoms with Crippen LogP contribution < -0.4 is 21.3 Å². The van der Waals surface area contributed by atoms with Crippen LogP contribution >= 0.6 is 23.8 Å². The van der Waals surface area contributed by atoms with E-state index in [0.29, 0.717) is 15.8 Å². The second kappa shape index (κ2) is 11.2. The number of thiocarbonyl (C=S) groups is 1. The second-order valence-electron chi connectivity index (χ2n) is 8.17. The van der Waals surface area contributed by atoms with E-state index in [1.54, 1.807) is 24.3 Å². The standard InChI is InChI=1S/C25H27ClN4O2S/c26-21-15-20(12-13-22(21)27-16-17-5-2-1-3-6-17)30-25(33)29-19-10-8-18(9-11-19)28-24(31)23-7-4-14-32-23/h4,7-15,17,27H,1-3,5-6,16H2,(H,28,31)(H2,29,30,33). The van der Waals surface area contributed by atoms with Gasteiger partial charge >= 0.3 is 0 Å². The summed E-state index contributed by atoms with van der Waals surface area (Å²) in [5.41, 5.74) is 3.20. The molecule has 1 fully saturated rings. The first kappa shape index (κ1) is 23.1. The lowest BCUT2D eigenvalue weighted by molar-refractivity contribution is 0.0996. The van der Waals surface area contributed by atoms with Gasteiger partial charge in [0.15, 0.2) is 10.9 Å². The average Bonchev–Trinajstić information content (AvgIpc) is 3.36. The Bertz CT molecular complexity index is 1080. The number of hydrogen-bond donors (Lipinski definition) is 4. The molecule has 0 bridgehead atoms. The minimum absolute atomic E-state index is 0.261. The fourth-order valence-corrected chi connectivity index (χ4v) is 4.40. The van der Waals surface area contributed by atoms with Gasteiger partial charge in [0.25, 0.3) is 5.91 Å². The minimum Gasteiger partial charge on any atom is -0.459 e. The van der Waals surface area contributed by atoms with E-state index in [1.165, 1.54) is 38.4 Å². The summed E-state index contributed by atoms with van der Waals surface area (Å²) in [5, 5.41) is 13.7. The van der Waals surface area contributed by atoms with Gasteiger partial charge in [-0.2, -0.15) is 0 Å². The van der Waals surface area contributed by atoms with Gasteiger partial charge in [-0.05, 0) is 85.6 Å². The van der Waals surface area contributed by atoms with Crippen LogP contribution in [0, 0.1) is 5.92 Å². The zero-order valence-electron chi connectivity index (χ0n) is 18.2. The number of amides is 1. The Labute approximate surface area is 204 Å². The van der Waals surface area contributed by atoms with Gasteiger partial charge in [-0.1, -0.05) is 30.9 Å². The van der Waals surface area contributed by atoms with Crippen molar-refractivity contribution in [1.29, 1.82) is 0 Å². The molecule has 33 heavy (non-hydrogen) atoms. The summed E-state index contributed by atoms with van der Waals surface area (Å²) in [6, 6.07) is 16.3. The molecule has 0 radical (unpaired) electrons. The van der Waals surface area contributed by atoms with Crippen molar-refractivity contribution >= 4 is 57.6 Å². The predicted molar refractivity (Wildman–Crippen MR) is 139 cm³/mol. The highest BCUT2D eigenvalue weighted by Gasteiger charge is 2.14. The molecule has 172 valence electrons. The molecule has 0 aliphatic heterocycles. The number of hydrogen-bond acceptors (Lipinski definition) is 4. The van der Waals surface area contributed by atoms with Crippen LogP contribution in [0.1, 0.15) is 42.7 Å². The smallest absolute Gasteiger partial charge is 0.291 e. The van der Waals surface area contributed by atoms with Gasteiger partial charge in [-0.25, -0.2) is 0 Å². The van der Waals surface area contributed by atoms with Crippen molar-refractivity contribution in [2.45, 2.75) is 32.1 Å². The fraction of sp³-hybridized carbons (Fsp3) is 0.280. The maximum atomic E-state index is 12.0. The van der Waals surface area contributed by atoms with E-state index in [4.69, 9.17) is 28.2 Å². The average molecular weight is 483 g/mol. The van der Waals surface area contributed by atoms with Gasteiger partial charge in [-0.3, -0.25) is 4.79 Å². The van der Waals surface area contributed by atoms with Crippen molar-refractivity contribution in [3.05, 3.63) is 71.6 Å². The monoisotopic (exact) mass is 482 g/mol. The van der Waals surface area contributed by atoms with E-state index < -0.39 is 0 Å². The lowest BCUT2D eigenvalue weighted by Gasteiger charge is -2.22. The van der Waals surface area contributed by atoms with Crippen molar-refractivity contribution in [2.24, 2.45) is 5.92 Å². The normalized spacial score (nSPS) is 13.8. The lowest BCUT2D eigenvalue weighted by atomic mass is 9.89. The van der Waals surface area contributed by atoms with Crippen molar-refractivity contribution < 1.29 is 9.21 Å². The molecule has 0 saturated heterocycles. The summed E-state index contributed by atoms with van der Waals surface area (Å²) in [6.07, 6.45) is 8.07. The highest BCUT2D eigenvalue weighted by molar-refractivity contribution is 7.80. The number of anilines is 4. The zero-order chi connectivity index (χ0) is 23.0. The minimum atomic E-state index is -0.300. The van der Waals surface area contributed by atoms with Crippen LogP contribution in [-0.4, -0.2) is 17.6 Å². The molecule has 1 saturated carbocycles.